The quantitative estimate of drug-likeness (QED) is 0.912. The Hall–Kier alpha value is -0.820. The van der Waals surface area contributed by atoms with E-state index in [4.69, 9.17) is 10.5 Å². The minimum Gasteiger partial charge on any atom is -0.495 e. The van der Waals surface area contributed by atoms with Crippen LogP contribution in [0.25, 0.3) is 0 Å². The summed E-state index contributed by atoms with van der Waals surface area (Å²) >= 11 is 0. The molecule has 0 saturated carbocycles. The summed E-state index contributed by atoms with van der Waals surface area (Å²) < 4.78 is 31.8. The molecule has 1 aliphatic heterocycles. The van der Waals surface area contributed by atoms with Crippen LogP contribution in [0.3, 0.4) is 0 Å². The Morgan fingerprint density at radius 1 is 1.40 bits per heavy atom. The molecule has 0 aliphatic carbocycles. The molecule has 1 aromatic carbocycles. The third-order valence-corrected chi connectivity index (χ3v) is 5.52. The molecule has 5 nitrogen and oxygen atoms in total. The van der Waals surface area contributed by atoms with E-state index in [0.29, 0.717) is 18.8 Å². The Morgan fingerprint density at radius 3 is 2.60 bits per heavy atom. The van der Waals surface area contributed by atoms with Crippen molar-refractivity contribution in [3.05, 3.63) is 24.3 Å². The van der Waals surface area contributed by atoms with E-state index in [2.05, 4.69) is 0 Å². The SMILES string of the molecule is COc1ccccc1S(=O)(=O)N1CCC(C(C)N)C1.Cl. The maximum Gasteiger partial charge on any atom is 0.246 e. The van der Waals surface area contributed by atoms with Crippen LogP contribution in [-0.2, 0) is 10.0 Å². The number of rotatable bonds is 4. The zero-order chi connectivity index (χ0) is 14.0. The van der Waals surface area contributed by atoms with Gasteiger partial charge in [0.25, 0.3) is 0 Å². The van der Waals surface area contributed by atoms with Gasteiger partial charge in [0.05, 0.1) is 7.11 Å². The zero-order valence-electron chi connectivity index (χ0n) is 11.7. The van der Waals surface area contributed by atoms with E-state index in [-0.39, 0.29) is 29.3 Å². The van der Waals surface area contributed by atoms with Crippen molar-refractivity contribution in [1.82, 2.24) is 4.31 Å². The first-order chi connectivity index (χ1) is 8.96. The predicted octanol–water partition coefficient (Wildman–Crippen LogP) is 1.47. The van der Waals surface area contributed by atoms with Gasteiger partial charge < -0.3 is 10.5 Å². The van der Waals surface area contributed by atoms with E-state index in [9.17, 15) is 8.42 Å². The predicted molar refractivity (Wildman–Crippen MR) is 80.8 cm³/mol. The molecule has 0 spiro atoms. The number of ether oxygens (including phenoxy) is 1. The molecule has 2 N–H and O–H groups in total. The van der Waals surface area contributed by atoms with Crippen LogP contribution in [0.4, 0.5) is 0 Å². The average molecular weight is 321 g/mol. The van der Waals surface area contributed by atoms with Gasteiger partial charge in [-0.05, 0) is 31.4 Å². The largest absolute Gasteiger partial charge is 0.495 e. The molecule has 0 bridgehead atoms. The third kappa shape index (κ3) is 3.25. The van der Waals surface area contributed by atoms with E-state index in [1.54, 1.807) is 24.3 Å². The second-order valence-corrected chi connectivity index (χ2v) is 6.83. The monoisotopic (exact) mass is 320 g/mol. The third-order valence-electron chi connectivity index (χ3n) is 3.62. The molecule has 1 aromatic rings. The van der Waals surface area contributed by atoms with Crippen LogP contribution in [0.2, 0.25) is 0 Å². The summed E-state index contributed by atoms with van der Waals surface area (Å²) in [5, 5.41) is 0. The summed E-state index contributed by atoms with van der Waals surface area (Å²) in [5.74, 6) is 0.608. The van der Waals surface area contributed by atoms with Crippen molar-refractivity contribution in [1.29, 1.82) is 0 Å². The second kappa shape index (κ2) is 6.76. The van der Waals surface area contributed by atoms with Gasteiger partial charge in [0.15, 0.2) is 0 Å². The van der Waals surface area contributed by atoms with Crippen molar-refractivity contribution in [2.24, 2.45) is 11.7 Å². The van der Waals surface area contributed by atoms with Gasteiger partial charge in [0.2, 0.25) is 10.0 Å². The highest BCUT2D eigenvalue weighted by atomic mass is 35.5. The van der Waals surface area contributed by atoms with Crippen molar-refractivity contribution in [2.45, 2.75) is 24.3 Å². The Balaban J connectivity index is 0.00000200. The molecule has 1 aliphatic rings. The lowest BCUT2D eigenvalue weighted by molar-refractivity contribution is 0.395. The van der Waals surface area contributed by atoms with E-state index >= 15 is 0 Å². The smallest absolute Gasteiger partial charge is 0.246 e. The fraction of sp³-hybridized carbons (Fsp3) is 0.538. The number of hydrogen-bond acceptors (Lipinski definition) is 4. The van der Waals surface area contributed by atoms with Gasteiger partial charge in [-0.1, -0.05) is 12.1 Å². The van der Waals surface area contributed by atoms with Gasteiger partial charge in [0.1, 0.15) is 10.6 Å². The number of para-hydroxylation sites is 1. The van der Waals surface area contributed by atoms with Crippen LogP contribution >= 0.6 is 12.4 Å². The van der Waals surface area contributed by atoms with Gasteiger partial charge in [0, 0.05) is 19.1 Å². The van der Waals surface area contributed by atoms with Gasteiger partial charge in [-0.2, -0.15) is 4.31 Å². The van der Waals surface area contributed by atoms with Gasteiger partial charge in [-0.3, -0.25) is 0 Å². The number of nitrogens with zero attached hydrogens (tertiary/aromatic N) is 1. The number of nitrogens with two attached hydrogens (primary N) is 1. The summed E-state index contributed by atoms with van der Waals surface area (Å²) in [7, 11) is -2.02. The molecule has 0 aromatic heterocycles. The maximum atomic E-state index is 12.6. The van der Waals surface area contributed by atoms with Crippen LogP contribution < -0.4 is 10.5 Å². The molecular formula is C13H21ClN2O3S. The summed E-state index contributed by atoms with van der Waals surface area (Å²) in [6, 6.07) is 6.71. The maximum absolute atomic E-state index is 12.6. The molecule has 0 amide bonds. The van der Waals surface area contributed by atoms with Crippen LogP contribution in [0.5, 0.6) is 5.75 Å². The standard InChI is InChI=1S/C13H20N2O3S.ClH/c1-10(14)11-7-8-15(9-11)19(16,17)13-6-4-3-5-12(13)18-2;/h3-6,10-11H,7-9,14H2,1-2H3;1H. The fourth-order valence-corrected chi connectivity index (χ4v) is 4.04. The van der Waals surface area contributed by atoms with Crippen LogP contribution in [0.15, 0.2) is 29.2 Å². The lowest BCUT2D eigenvalue weighted by Crippen LogP contribution is -2.33. The molecule has 1 fully saturated rings. The Bertz CT molecular complexity index is 548. The van der Waals surface area contributed by atoms with E-state index in [1.165, 1.54) is 11.4 Å². The second-order valence-electron chi connectivity index (χ2n) is 4.92. The minimum atomic E-state index is -3.50. The Morgan fingerprint density at radius 2 is 2.05 bits per heavy atom. The van der Waals surface area contributed by atoms with Gasteiger partial charge in [-0.25, -0.2) is 8.42 Å². The van der Waals surface area contributed by atoms with Crippen LogP contribution in [0, 0.1) is 5.92 Å². The van der Waals surface area contributed by atoms with Crippen molar-refractivity contribution in [3.8, 4) is 5.75 Å². The Labute approximate surface area is 126 Å². The van der Waals surface area contributed by atoms with Crippen molar-refractivity contribution in [3.63, 3.8) is 0 Å². The Kier molecular flexibility index (Phi) is 5.82. The van der Waals surface area contributed by atoms with Crippen molar-refractivity contribution >= 4 is 22.4 Å². The molecule has 0 radical (unpaired) electrons. The molecule has 2 rings (SSSR count). The molecule has 2 atom stereocenters. The van der Waals surface area contributed by atoms with Crippen LogP contribution in [0.1, 0.15) is 13.3 Å². The molecule has 1 heterocycles. The number of sulfonamides is 1. The minimum absolute atomic E-state index is 0. The average Bonchev–Trinajstić information content (AvgIpc) is 2.89. The summed E-state index contributed by atoms with van der Waals surface area (Å²) in [4.78, 5) is 0.225. The van der Waals surface area contributed by atoms with Crippen molar-refractivity contribution in [2.75, 3.05) is 20.2 Å². The summed E-state index contributed by atoms with van der Waals surface area (Å²) in [6.07, 6.45) is 0.812. The highest BCUT2D eigenvalue weighted by Gasteiger charge is 2.35. The topological polar surface area (TPSA) is 72.6 Å². The first-order valence-electron chi connectivity index (χ1n) is 6.35. The fourth-order valence-electron chi connectivity index (χ4n) is 2.37. The first-order valence-corrected chi connectivity index (χ1v) is 7.79. The lowest BCUT2D eigenvalue weighted by Gasteiger charge is -2.19. The zero-order valence-corrected chi connectivity index (χ0v) is 13.3. The number of hydrogen-bond donors (Lipinski definition) is 1. The molecule has 7 heteroatoms. The number of benzene rings is 1. The van der Waals surface area contributed by atoms with E-state index in [0.717, 1.165) is 6.42 Å². The molecule has 20 heavy (non-hydrogen) atoms. The van der Waals surface area contributed by atoms with Crippen LogP contribution in [-0.4, -0.2) is 39.0 Å². The lowest BCUT2D eigenvalue weighted by atomic mass is 10.0. The van der Waals surface area contributed by atoms with Gasteiger partial charge >= 0.3 is 0 Å². The molecule has 114 valence electrons. The van der Waals surface area contributed by atoms with Crippen molar-refractivity contribution < 1.29 is 13.2 Å². The summed E-state index contributed by atoms with van der Waals surface area (Å²) in [6.45, 7) is 2.93. The summed E-state index contributed by atoms with van der Waals surface area (Å²) in [5.41, 5.74) is 5.85. The van der Waals surface area contributed by atoms with Gasteiger partial charge in [-0.15, -0.1) is 12.4 Å². The normalized spacial score (nSPS) is 21.2. The molecule has 1 saturated heterocycles. The first kappa shape index (κ1) is 17.2. The molecular weight excluding hydrogens is 300 g/mol. The highest BCUT2D eigenvalue weighted by molar-refractivity contribution is 7.89. The number of halogens is 1. The highest BCUT2D eigenvalue weighted by Crippen LogP contribution is 2.30. The van der Waals surface area contributed by atoms with E-state index < -0.39 is 10.0 Å². The number of methoxy groups -OCH3 is 1. The molecule has 2 unspecified atom stereocenters. The van der Waals surface area contributed by atoms with E-state index in [1.807, 2.05) is 6.92 Å².